The van der Waals surface area contributed by atoms with Crippen molar-refractivity contribution in [2.24, 2.45) is 5.41 Å². The second-order valence-electron chi connectivity index (χ2n) is 7.46. The molecule has 3 nitrogen and oxygen atoms in total. The van der Waals surface area contributed by atoms with Gasteiger partial charge in [0.25, 0.3) is 0 Å². The molecule has 0 fully saturated rings. The highest BCUT2D eigenvalue weighted by atomic mass is 16.5. The molecular weight excluding hydrogens is 348 g/mol. The van der Waals surface area contributed by atoms with E-state index in [1.165, 1.54) is 5.56 Å². The molecule has 146 valence electrons. The van der Waals surface area contributed by atoms with E-state index in [9.17, 15) is 4.79 Å². The number of hydrogen-bond donors (Lipinski definition) is 0. The van der Waals surface area contributed by atoms with Crippen molar-refractivity contribution in [1.29, 1.82) is 0 Å². The Hall–Kier alpha value is -2.49. The van der Waals surface area contributed by atoms with Gasteiger partial charge in [0, 0.05) is 19.8 Å². The molecule has 0 aromatic heterocycles. The van der Waals surface area contributed by atoms with E-state index in [0.29, 0.717) is 32.5 Å². The first-order valence-corrected chi connectivity index (χ1v) is 9.60. The van der Waals surface area contributed by atoms with E-state index in [2.05, 4.69) is 30.8 Å². The number of carbonyl (C=O) groups is 1. The van der Waals surface area contributed by atoms with Crippen LogP contribution < -0.4 is 0 Å². The highest BCUT2D eigenvalue weighted by Gasteiger charge is 2.48. The van der Waals surface area contributed by atoms with Crippen LogP contribution in [0.15, 0.2) is 84.0 Å². The number of carbonyl (C=O) groups excluding carboxylic acids is 1. The van der Waals surface area contributed by atoms with Gasteiger partial charge in [-0.15, -0.1) is 0 Å². The minimum Gasteiger partial charge on any atom is -0.380 e. The minimum atomic E-state index is -0.654. The van der Waals surface area contributed by atoms with E-state index >= 15 is 0 Å². The first-order chi connectivity index (χ1) is 13.6. The first kappa shape index (κ1) is 20.2. The van der Waals surface area contributed by atoms with E-state index in [0.717, 1.165) is 22.3 Å². The molecule has 2 aromatic carbocycles. The fraction of sp³-hybridized carbons (Fsp3) is 0.320. The number of benzene rings is 2. The molecule has 0 N–H and O–H groups in total. The zero-order chi connectivity index (χ0) is 20.0. The molecule has 0 amide bonds. The highest BCUT2D eigenvalue weighted by Crippen LogP contribution is 2.47. The zero-order valence-electron chi connectivity index (χ0n) is 16.7. The van der Waals surface area contributed by atoms with Crippen LogP contribution in [0.25, 0.3) is 0 Å². The molecule has 1 atom stereocenters. The van der Waals surface area contributed by atoms with E-state index < -0.39 is 5.41 Å². The lowest BCUT2D eigenvalue weighted by atomic mass is 9.70. The van der Waals surface area contributed by atoms with Gasteiger partial charge >= 0.3 is 0 Å². The van der Waals surface area contributed by atoms with Crippen LogP contribution in [0.5, 0.6) is 0 Å². The Kier molecular flexibility index (Phi) is 6.61. The second-order valence-corrected chi connectivity index (χ2v) is 7.46. The van der Waals surface area contributed by atoms with Crippen molar-refractivity contribution < 1.29 is 14.3 Å². The molecule has 1 aliphatic carbocycles. The summed E-state index contributed by atoms with van der Waals surface area (Å²) in [6.07, 6.45) is 1.96. The van der Waals surface area contributed by atoms with Gasteiger partial charge in [-0.1, -0.05) is 72.8 Å². The van der Waals surface area contributed by atoms with Gasteiger partial charge < -0.3 is 9.47 Å². The summed E-state index contributed by atoms with van der Waals surface area (Å²) in [4.78, 5) is 13.7. The fourth-order valence-electron chi connectivity index (χ4n) is 4.13. The summed E-state index contributed by atoms with van der Waals surface area (Å²) in [5.41, 5.74) is 4.38. The minimum absolute atomic E-state index is 0.131. The lowest BCUT2D eigenvalue weighted by molar-refractivity contribution is -0.122. The smallest absolute Gasteiger partial charge is 0.172 e. The van der Waals surface area contributed by atoms with E-state index in [-0.39, 0.29) is 5.78 Å². The number of rotatable bonds is 9. The van der Waals surface area contributed by atoms with Crippen LogP contribution in [0.1, 0.15) is 17.5 Å². The average molecular weight is 376 g/mol. The number of methoxy groups -OCH3 is 2. The monoisotopic (exact) mass is 376 g/mol. The lowest BCUT2D eigenvalue weighted by Gasteiger charge is -2.31. The molecule has 1 aliphatic rings. The van der Waals surface area contributed by atoms with Crippen LogP contribution in [0.4, 0.5) is 0 Å². The van der Waals surface area contributed by atoms with Crippen molar-refractivity contribution >= 4 is 5.78 Å². The van der Waals surface area contributed by atoms with Gasteiger partial charge in [-0.25, -0.2) is 0 Å². The summed E-state index contributed by atoms with van der Waals surface area (Å²) >= 11 is 0. The predicted octanol–water partition coefficient (Wildman–Crippen LogP) is 4.58. The summed E-state index contributed by atoms with van der Waals surface area (Å²) in [5, 5.41) is 0. The Morgan fingerprint density at radius 1 is 0.929 bits per heavy atom. The van der Waals surface area contributed by atoms with Gasteiger partial charge in [0.2, 0.25) is 0 Å². The summed E-state index contributed by atoms with van der Waals surface area (Å²) < 4.78 is 10.7. The molecule has 0 heterocycles. The van der Waals surface area contributed by atoms with E-state index in [1.54, 1.807) is 14.2 Å². The van der Waals surface area contributed by atoms with Crippen LogP contribution in [0.3, 0.4) is 0 Å². The maximum Gasteiger partial charge on any atom is 0.172 e. The van der Waals surface area contributed by atoms with Crippen LogP contribution in [-0.4, -0.2) is 33.2 Å². The lowest BCUT2D eigenvalue weighted by Crippen LogP contribution is -2.34. The maximum atomic E-state index is 13.7. The van der Waals surface area contributed by atoms with Crippen molar-refractivity contribution in [3.05, 3.63) is 95.1 Å². The Labute approximate surface area is 167 Å². The standard InChI is InChI=1S/C25H28O3/c1-19(14-20-10-6-4-7-11-20)25(15-21-12-8-5-9-13-21)16-22(17-27-2)23(18-28-3)24(25)26/h4-13H,1,14-18H2,2-3H3. The van der Waals surface area contributed by atoms with Gasteiger partial charge in [0.05, 0.1) is 18.6 Å². The van der Waals surface area contributed by atoms with Gasteiger partial charge in [0.15, 0.2) is 5.78 Å². The molecule has 28 heavy (non-hydrogen) atoms. The second kappa shape index (κ2) is 9.13. The summed E-state index contributed by atoms with van der Waals surface area (Å²) in [6.45, 7) is 5.17. The van der Waals surface area contributed by atoms with Gasteiger partial charge in [-0.2, -0.15) is 0 Å². The summed E-state index contributed by atoms with van der Waals surface area (Å²) in [5.74, 6) is 0.131. The average Bonchev–Trinajstić information content (AvgIpc) is 2.97. The molecule has 3 rings (SSSR count). The first-order valence-electron chi connectivity index (χ1n) is 9.60. The molecule has 0 saturated heterocycles. The molecule has 0 saturated carbocycles. The number of ether oxygens (including phenoxy) is 2. The van der Waals surface area contributed by atoms with Crippen molar-refractivity contribution in [1.82, 2.24) is 0 Å². The van der Waals surface area contributed by atoms with Crippen LogP contribution >= 0.6 is 0 Å². The van der Waals surface area contributed by atoms with Gasteiger partial charge in [-0.05, 0) is 36.0 Å². The number of hydrogen-bond acceptors (Lipinski definition) is 3. The molecule has 0 radical (unpaired) electrons. The third kappa shape index (κ3) is 4.16. The molecule has 0 spiro atoms. The predicted molar refractivity (Wildman–Crippen MR) is 112 cm³/mol. The zero-order valence-corrected chi connectivity index (χ0v) is 16.7. The topological polar surface area (TPSA) is 35.5 Å². The molecule has 3 heteroatoms. The molecule has 1 unspecified atom stereocenters. The molecule has 2 aromatic rings. The van der Waals surface area contributed by atoms with E-state index in [1.807, 2.05) is 36.4 Å². The summed E-state index contributed by atoms with van der Waals surface area (Å²) in [7, 11) is 3.29. The Morgan fingerprint density at radius 2 is 1.50 bits per heavy atom. The Morgan fingerprint density at radius 3 is 2.07 bits per heavy atom. The maximum absolute atomic E-state index is 13.7. The normalized spacial score (nSPS) is 19.3. The molecule has 0 aliphatic heterocycles. The number of allylic oxidation sites excluding steroid dienone is 1. The molecular formula is C25H28O3. The Bertz CT molecular complexity index is 852. The number of Topliss-reactive ketones (excluding diaryl/α,β-unsaturated/α-hetero) is 1. The largest absolute Gasteiger partial charge is 0.380 e. The van der Waals surface area contributed by atoms with Gasteiger partial charge in [0.1, 0.15) is 0 Å². The Balaban J connectivity index is 1.98. The number of ketones is 1. The highest BCUT2D eigenvalue weighted by molar-refractivity contribution is 6.06. The van der Waals surface area contributed by atoms with Crippen molar-refractivity contribution in [2.45, 2.75) is 19.3 Å². The van der Waals surface area contributed by atoms with Crippen LogP contribution in [-0.2, 0) is 27.1 Å². The van der Waals surface area contributed by atoms with Crippen molar-refractivity contribution in [2.75, 3.05) is 27.4 Å². The van der Waals surface area contributed by atoms with Crippen LogP contribution in [0.2, 0.25) is 0 Å². The quantitative estimate of drug-likeness (QED) is 0.601. The summed E-state index contributed by atoms with van der Waals surface area (Å²) in [6, 6.07) is 20.4. The van der Waals surface area contributed by atoms with Crippen molar-refractivity contribution in [3.63, 3.8) is 0 Å². The third-order valence-corrected chi connectivity index (χ3v) is 5.54. The van der Waals surface area contributed by atoms with Crippen molar-refractivity contribution in [3.8, 4) is 0 Å². The SMILES string of the molecule is C=C(Cc1ccccc1)C1(Cc2ccccc2)CC(COC)=C(COC)C1=O. The van der Waals surface area contributed by atoms with Gasteiger partial charge in [-0.3, -0.25) is 4.79 Å². The fourth-order valence-corrected chi connectivity index (χ4v) is 4.13. The van der Waals surface area contributed by atoms with Crippen LogP contribution in [0, 0.1) is 5.41 Å². The third-order valence-electron chi connectivity index (χ3n) is 5.54. The molecule has 0 bridgehead atoms. The van der Waals surface area contributed by atoms with E-state index in [4.69, 9.17) is 9.47 Å².